The molecule has 3 rings (SSSR count). The second-order valence-corrected chi connectivity index (χ2v) is 7.72. The van der Waals surface area contributed by atoms with Gasteiger partial charge in [0.2, 0.25) is 0 Å². The van der Waals surface area contributed by atoms with Crippen LogP contribution in [-0.4, -0.2) is 34.0 Å². The van der Waals surface area contributed by atoms with Gasteiger partial charge in [-0.25, -0.2) is 13.8 Å². The predicted molar refractivity (Wildman–Crippen MR) is 99.2 cm³/mol. The van der Waals surface area contributed by atoms with Gasteiger partial charge >= 0.3 is 0 Å². The van der Waals surface area contributed by atoms with Gasteiger partial charge in [0.05, 0.1) is 17.4 Å². The molecule has 0 aliphatic heterocycles. The molecule has 27 heavy (non-hydrogen) atoms. The van der Waals surface area contributed by atoms with E-state index in [0.29, 0.717) is 17.2 Å². The van der Waals surface area contributed by atoms with Crippen LogP contribution in [0.3, 0.4) is 0 Å². The summed E-state index contributed by atoms with van der Waals surface area (Å²) in [6.07, 6.45) is 2.66. The lowest BCUT2D eigenvalue weighted by Gasteiger charge is -2.29. The lowest BCUT2D eigenvalue weighted by Crippen LogP contribution is -2.39. The number of aromatic nitrogens is 2. The summed E-state index contributed by atoms with van der Waals surface area (Å²) in [6.45, 7) is 6.67. The number of hydrogen-bond donors (Lipinski definition) is 1. The Morgan fingerprint density at radius 1 is 1.33 bits per heavy atom. The van der Waals surface area contributed by atoms with Gasteiger partial charge in [-0.3, -0.25) is 9.20 Å². The Hall–Kier alpha value is -2.02. The van der Waals surface area contributed by atoms with Crippen molar-refractivity contribution in [2.45, 2.75) is 65.0 Å². The van der Waals surface area contributed by atoms with E-state index in [4.69, 9.17) is 4.74 Å². The Morgan fingerprint density at radius 2 is 2.04 bits per heavy atom. The second-order valence-electron chi connectivity index (χ2n) is 7.72. The summed E-state index contributed by atoms with van der Waals surface area (Å²) in [7, 11) is 0. The quantitative estimate of drug-likeness (QED) is 0.814. The molecule has 0 bridgehead atoms. The van der Waals surface area contributed by atoms with Crippen LogP contribution in [0.15, 0.2) is 18.3 Å². The van der Waals surface area contributed by atoms with Gasteiger partial charge in [0.15, 0.2) is 0 Å². The molecule has 1 amide bonds. The van der Waals surface area contributed by atoms with Crippen LogP contribution in [0.5, 0.6) is 0 Å². The number of aryl methyl sites for hydroxylation is 1. The maximum atomic E-state index is 13.2. The number of nitrogens with one attached hydrogen (secondary N) is 1. The van der Waals surface area contributed by atoms with Crippen LogP contribution in [-0.2, 0) is 4.74 Å². The number of amides is 1. The second kappa shape index (κ2) is 8.33. The molecule has 1 fully saturated rings. The lowest BCUT2D eigenvalue weighted by atomic mass is 9.92. The summed E-state index contributed by atoms with van der Waals surface area (Å²) < 4.78 is 33.7. The smallest absolute Gasteiger partial charge is 0.278 e. The number of halogens is 2. The van der Waals surface area contributed by atoms with Crippen LogP contribution in [0, 0.1) is 12.8 Å². The van der Waals surface area contributed by atoms with E-state index in [9.17, 15) is 13.6 Å². The maximum absolute atomic E-state index is 13.2. The first-order valence-electron chi connectivity index (χ1n) is 9.54. The average Bonchev–Trinajstić information content (AvgIpc) is 3.04. The van der Waals surface area contributed by atoms with Crippen molar-refractivity contribution in [3.63, 3.8) is 0 Å². The molecule has 0 unspecified atom stereocenters. The van der Waals surface area contributed by atoms with Crippen LogP contribution in [0.25, 0.3) is 5.65 Å². The standard InChI is InChI=1S/C20H27F2N3O2/c1-12(2)11-27-15-6-4-14(5-7-15)24-20(26)16-8-9-25-17(18(21)22)10-13(3)23-19(16)25/h8-10,12,14-15,18H,4-7,11H2,1-3H3,(H,24,26)/t14-,15-. The zero-order valence-corrected chi connectivity index (χ0v) is 16.0. The Morgan fingerprint density at radius 3 is 2.67 bits per heavy atom. The van der Waals surface area contributed by atoms with Gasteiger partial charge in [0.1, 0.15) is 5.65 Å². The van der Waals surface area contributed by atoms with Crippen molar-refractivity contribution in [3.05, 3.63) is 35.3 Å². The van der Waals surface area contributed by atoms with Crippen molar-refractivity contribution < 1.29 is 18.3 Å². The zero-order chi connectivity index (χ0) is 19.6. The summed E-state index contributed by atoms with van der Waals surface area (Å²) in [6, 6.07) is 2.98. The van der Waals surface area contributed by atoms with Crippen molar-refractivity contribution in [2.75, 3.05) is 6.61 Å². The molecule has 1 saturated carbocycles. The van der Waals surface area contributed by atoms with Gasteiger partial charge < -0.3 is 10.1 Å². The van der Waals surface area contributed by atoms with Gasteiger partial charge in [-0.2, -0.15) is 0 Å². The molecular formula is C20H27F2N3O2. The summed E-state index contributed by atoms with van der Waals surface area (Å²) >= 11 is 0. The van der Waals surface area contributed by atoms with Crippen LogP contribution in [0.1, 0.15) is 67.7 Å². The Bertz CT molecular complexity index is 796. The number of alkyl halides is 2. The molecule has 5 nitrogen and oxygen atoms in total. The van der Waals surface area contributed by atoms with E-state index in [1.165, 1.54) is 16.7 Å². The van der Waals surface area contributed by atoms with E-state index in [1.54, 1.807) is 13.0 Å². The van der Waals surface area contributed by atoms with Gasteiger partial charge in [-0.15, -0.1) is 0 Å². The molecular weight excluding hydrogens is 352 g/mol. The van der Waals surface area contributed by atoms with E-state index < -0.39 is 6.43 Å². The van der Waals surface area contributed by atoms with Crippen molar-refractivity contribution in [2.24, 2.45) is 5.92 Å². The highest BCUT2D eigenvalue weighted by Gasteiger charge is 2.25. The van der Waals surface area contributed by atoms with Crippen LogP contribution in [0.2, 0.25) is 0 Å². The normalized spacial score (nSPS) is 20.6. The van der Waals surface area contributed by atoms with Crippen molar-refractivity contribution in [1.29, 1.82) is 0 Å². The molecule has 0 radical (unpaired) electrons. The van der Waals surface area contributed by atoms with E-state index >= 15 is 0 Å². The highest BCUT2D eigenvalue weighted by Crippen LogP contribution is 2.25. The fourth-order valence-corrected chi connectivity index (χ4v) is 3.54. The minimum absolute atomic E-state index is 0.0747. The van der Waals surface area contributed by atoms with Gasteiger partial charge in [-0.05, 0) is 50.7 Å². The number of rotatable bonds is 6. The maximum Gasteiger partial charge on any atom is 0.278 e. The molecule has 2 heterocycles. The predicted octanol–water partition coefficient (Wildman–Crippen LogP) is 4.29. The highest BCUT2D eigenvalue weighted by atomic mass is 19.3. The molecule has 0 spiro atoms. The summed E-state index contributed by atoms with van der Waals surface area (Å²) in [5, 5.41) is 3.03. The number of hydrogen-bond acceptors (Lipinski definition) is 3. The molecule has 1 aliphatic rings. The first kappa shape index (κ1) is 19.7. The van der Waals surface area contributed by atoms with E-state index in [-0.39, 0.29) is 29.4 Å². The van der Waals surface area contributed by atoms with Crippen LogP contribution in [0.4, 0.5) is 8.78 Å². The monoisotopic (exact) mass is 379 g/mol. The average molecular weight is 379 g/mol. The van der Waals surface area contributed by atoms with Crippen molar-refractivity contribution in [1.82, 2.24) is 14.7 Å². The topological polar surface area (TPSA) is 55.6 Å². The van der Waals surface area contributed by atoms with Gasteiger partial charge in [-0.1, -0.05) is 13.8 Å². The minimum Gasteiger partial charge on any atom is -0.378 e. The third-order valence-corrected chi connectivity index (χ3v) is 4.92. The summed E-state index contributed by atoms with van der Waals surface area (Å²) in [4.78, 5) is 17.0. The van der Waals surface area contributed by atoms with E-state index in [0.717, 1.165) is 32.3 Å². The van der Waals surface area contributed by atoms with Crippen molar-refractivity contribution in [3.8, 4) is 0 Å². The lowest BCUT2D eigenvalue weighted by molar-refractivity contribution is 0.00860. The van der Waals surface area contributed by atoms with Crippen LogP contribution < -0.4 is 5.32 Å². The molecule has 7 heteroatoms. The number of nitrogens with zero attached hydrogens (tertiary/aromatic N) is 2. The van der Waals surface area contributed by atoms with Gasteiger partial charge in [0.25, 0.3) is 12.3 Å². The van der Waals surface area contributed by atoms with E-state index in [2.05, 4.69) is 24.1 Å². The molecule has 0 saturated heterocycles. The number of ether oxygens (including phenoxy) is 1. The fourth-order valence-electron chi connectivity index (χ4n) is 3.54. The minimum atomic E-state index is -2.63. The van der Waals surface area contributed by atoms with E-state index in [1.807, 2.05) is 0 Å². The SMILES string of the molecule is Cc1cc(C(F)F)n2ccc(C(=O)N[C@H]3CC[C@H](OCC(C)C)CC3)c2n1. The Balaban J connectivity index is 1.66. The molecule has 0 aromatic carbocycles. The molecule has 1 N–H and O–H groups in total. The first-order chi connectivity index (χ1) is 12.8. The number of fused-ring (bicyclic) bond motifs is 1. The number of carbonyl (C=O) groups excluding carboxylic acids is 1. The van der Waals surface area contributed by atoms with Crippen LogP contribution >= 0.6 is 0 Å². The third-order valence-electron chi connectivity index (χ3n) is 4.92. The fraction of sp³-hybridized carbons (Fsp3) is 0.600. The summed E-state index contributed by atoms with van der Waals surface area (Å²) in [5.41, 5.74) is 0.920. The Labute approximate surface area is 158 Å². The largest absolute Gasteiger partial charge is 0.378 e. The number of carbonyl (C=O) groups is 1. The van der Waals surface area contributed by atoms with Gasteiger partial charge in [0, 0.05) is 24.5 Å². The zero-order valence-electron chi connectivity index (χ0n) is 16.0. The molecule has 148 valence electrons. The molecule has 1 aliphatic carbocycles. The third kappa shape index (κ3) is 4.64. The molecule has 2 aromatic rings. The first-order valence-corrected chi connectivity index (χ1v) is 9.54. The van der Waals surface area contributed by atoms with Crippen molar-refractivity contribution >= 4 is 11.6 Å². The highest BCUT2D eigenvalue weighted by molar-refractivity contribution is 6.00. The molecule has 2 aromatic heterocycles. The summed E-state index contributed by atoms with van der Waals surface area (Å²) in [5.74, 6) is 0.252. The Kier molecular flexibility index (Phi) is 6.09. The molecule has 0 atom stereocenters.